The van der Waals surface area contributed by atoms with Crippen LogP contribution in [-0.2, 0) is 11.2 Å². The Labute approximate surface area is 116 Å². The number of methoxy groups -OCH3 is 1. The lowest BCUT2D eigenvalue weighted by Gasteiger charge is -2.22. The Morgan fingerprint density at radius 3 is 2.74 bits per heavy atom. The van der Waals surface area contributed by atoms with Crippen molar-refractivity contribution in [2.75, 3.05) is 33.4 Å². The molecule has 3 heteroatoms. The molecule has 2 rings (SSSR count). The second kappa shape index (κ2) is 8.18. The molecule has 0 amide bonds. The van der Waals surface area contributed by atoms with E-state index in [4.69, 9.17) is 9.47 Å². The molecular weight excluding hydrogens is 238 g/mol. The summed E-state index contributed by atoms with van der Waals surface area (Å²) in [7, 11) is 1.73. The van der Waals surface area contributed by atoms with E-state index in [0.717, 1.165) is 44.3 Å². The van der Waals surface area contributed by atoms with Gasteiger partial charge < -0.3 is 14.8 Å². The second-order valence-electron chi connectivity index (χ2n) is 5.24. The molecule has 0 unspecified atom stereocenters. The van der Waals surface area contributed by atoms with Gasteiger partial charge in [0.25, 0.3) is 0 Å². The number of hydrogen-bond donors (Lipinski definition) is 1. The van der Waals surface area contributed by atoms with Crippen molar-refractivity contribution in [3.63, 3.8) is 0 Å². The summed E-state index contributed by atoms with van der Waals surface area (Å²) in [5, 5.41) is 3.44. The van der Waals surface area contributed by atoms with Crippen molar-refractivity contribution in [3.05, 3.63) is 29.8 Å². The molecule has 0 aliphatic carbocycles. The van der Waals surface area contributed by atoms with Crippen LogP contribution in [-0.4, -0.2) is 33.4 Å². The average Bonchev–Trinajstić information content (AvgIpc) is 2.47. The Balaban J connectivity index is 1.67. The van der Waals surface area contributed by atoms with E-state index in [9.17, 15) is 0 Å². The molecule has 0 radical (unpaired) electrons. The Kier molecular flexibility index (Phi) is 6.18. The maximum atomic E-state index is 5.81. The van der Waals surface area contributed by atoms with Crippen LogP contribution in [0.15, 0.2) is 24.3 Å². The van der Waals surface area contributed by atoms with Crippen molar-refractivity contribution in [1.82, 2.24) is 5.32 Å². The summed E-state index contributed by atoms with van der Waals surface area (Å²) in [5.41, 5.74) is 1.30. The van der Waals surface area contributed by atoms with E-state index in [1.807, 2.05) is 0 Å². The van der Waals surface area contributed by atoms with Gasteiger partial charge in [-0.25, -0.2) is 0 Å². The fourth-order valence-corrected chi connectivity index (χ4v) is 2.49. The third-order valence-corrected chi connectivity index (χ3v) is 3.71. The first-order valence-corrected chi connectivity index (χ1v) is 7.30. The molecule has 1 aliphatic heterocycles. The molecule has 1 aliphatic rings. The van der Waals surface area contributed by atoms with E-state index in [1.165, 1.54) is 24.9 Å². The van der Waals surface area contributed by atoms with E-state index in [-0.39, 0.29) is 0 Å². The minimum absolute atomic E-state index is 0.773. The van der Waals surface area contributed by atoms with Crippen LogP contribution in [0.3, 0.4) is 0 Å². The first-order valence-electron chi connectivity index (χ1n) is 7.30. The minimum atomic E-state index is 0.773. The normalized spacial score (nSPS) is 19.3. The van der Waals surface area contributed by atoms with Crippen LogP contribution in [0.5, 0.6) is 5.75 Å². The maximum absolute atomic E-state index is 5.81. The first kappa shape index (κ1) is 14.4. The highest BCUT2D eigenvalue weighted by molar-refractivity contribution is 5.27. The summed E-state index contributed by atoms with van der Waals surface area (Å²) in [6, 6.07) is 8.36. The largest absolute Gasteiger partial charge is 0.494 e. The van der Waals surface area contributed by atoms with E-state index in [2.05, 4.69) is 29.6 Å². The average molecular weight is 263 g/mol. The summed E-state index contributed by atoms with van der Waals surface area (Å²) < 4.78 is 10.9. The van der Waals surface area contributed by atoms with Gasteiger partial charge >= 0.3 is 0 Å². The fourth-order valence-electron chi connectivity index (χ4n) is 2.49. The summed E-state index contributed by atoms with van der Waals surface area (Å²) in [6.45, 7) is 3.93. The molecule has 19 heavy (non-hydrogen) atoms. The van der Waals surface area contributed by atoms with Crippen LogP contribution in [0.2, 0.25) is 0 Å². The lowest BCUT2D eigenvalue weighted by molar-refractivity contribution is 0.202. The minimum Gasteiger partial charge on any atom is -0.494 e. The van der Waals surface area contributed by atoms with Gasteiger partial charge in [0, 0.05) is 7.11 Å². The maximum Gasteiger partial charge on any atom is 0.119 e. The van der Waals surface area contributed by atoms with Crippen molar-refractivity contribution >= 4 is 0 Å². The molecular formula is C16H25NO2. The predicted octanol–water partition coefficient (Wildman–Crippen LogP) is 2.64. The Morgan fingerprint density at radius 1 is 1.21 bits per heavy atom. The number of nitrogens with one attached hydrogen (secondary N) is 1. The number of ether oxygens (including phenoxy) is 2. The van der Waals surface area contributed by atoms with Crippen molar-refractivity contribution in [2.45, 2.75) is 25.7 Å². The molecule has 0 saturated carbocycles. The molecule has 0 aromatic heterocycles. The monoisotopic (exact) mass is 263 g/mol. The number of rotatable bonds is 7. The molecule has 1 aromatic carbocycles. The lowest BCUT2D eigenvalue weighted by Crippen LogP contribution is -2.30. The third kappa shape index (κ3) is 5.21. The van der Waals surface area contributed by atoms with Gasteiger partial charge in [-0.05, 0) is 62.4 Å². The lowest BCUT2D eigenvalue weighted by atomic mass is 9.97. The predicted molar refractivity (Wildman–Crippen MR) is 77.7 cm³/mol. The zero-order valence-corrected chi connectivity index (χ0v) is 11.9. The Bertz CT molecular complexity index is 344. The first-order chi connectivity index (χ1) is 9.38. The van der Waals surface area contributed by atoms with Gasteiger partial charge in [0.05, 0.1) is 13.2 Å². The second-order valence-corrected chi connectivity index (χ2v) is 5.24. The molecule has 1 fully saturated rings. The Morgan fingerprint density at radius 2 is 2.05 bits per heavy atom. The van der Waals surface area contributed by atoms with Crippen LogP contribution in [0.25, 0.3) is 0 Å². The van der Waals surface area contributed by atoms with Crippen LogP contribution in [0.1, 0.15) is 24.8 Å². The standard InChI is InChI=1S/C16H25NO2/c1-18-11-8-14-4-6-16(7-5-14)19-12-9-15-3-2-10-17-13-15/h4-7,15,17H,2-3,8-13H2,1H3/t15-/m1/s1. The molecule has 3 nitrogen and oxygen atoms in total. The summed E-state index contributed by atoms with van der Waals surface area (Å²) in [5.74, 6) is 1.76. The third-order valence-electron chi connectivity index (χ3n) is 3.71. The zero-order valence-electron chi connectivity index (χ0n) is 11.9. The van der Waals surface area contributed by atoms with Gasteiger partial charge in [-0.3, -0.25) is 0 Å². The highest BCUT2D eigenvalue weighted by Gasteiger charge is 2.12. The van der Waals surface area contributed by atoms with Crippen molar-refractivity contribution in [1.29, 1.82) is 0 Å². The molecule has 1 atom stereocenters. The van der Waals surface area contributed by atoms with Crippen LogP contribution in [0.4, 0.5) is 0 Å². The van der Waals surface area contributed by atoms with Gasteiger partial charge in [-0.2, -0.15) is 0 Å². The van der Waals surface area contributed by atoms with Gasteiger partial charge in [-0.15, -0.1) is 0 Å². The molecule has 0 spiro atoms. The number of hydrogen-bond acceptors (Lipinski definition) is 3. The number of benzene rings is 1. The topological polar surface area (TPSA) is 30.5 Å². The van der Waals surface area contributed by atoms with Gasteiger partial charge in [-0.1, -0.05) is 12.1 Å². The summed E-state index contributed by atoms with van der Waals surface area (Å²) in [4.78, 5) is 0. The molecule has 1 heterocycles. The van der Waals surface area contributed by atoms with E-state index < -0.39 is 0 Å². The van der Waals surface area contributed by atoms with Crippen molar-refractivity contribution < 1.29 is 9.47 Å². The molecule has 1 saturated heterocycles. The highest BCUT2D eigenvalue weighted by Crippen LogP contribution is 2.16. The number of piperidine rings is 1. The van der Waals surface area contributed by atoms with Crippen molar-refractivity contribution in [3.8, 4) is 5.75 Å². The zero-order chi connectivity index (χ0) is 13.3. The smallest absolute Gasteiger partial charge is 0.119 e. The quantitative estimate of drug-likeness (QED) is 0.820. The van der Waals surface area contributed by atoms with Gasteiger partial charge in [0.2, 0.25) is 0 Å². The van der Waals surface area contributed by atoms with Crippen LogP contribution >= 0.6 is 0 Å². The van der Waals surface area contributed by atoms with E-state index >= 15 is 0 Å². The SMILES string of the molecule is COCCc1ccc(OCC[C@H]2CCCNC2)cc1. The van der Waals surface area contributed by atoms with Crippen molar-refractivity contribution in [2.24, 2.45) is 5.92 Å². The summed E-state index contributed by atoms with van der Waals surface area (Å²) in [6.07, 6.45) is 4.76. The van der Waals surface area contributed by atoms with Gasteiger partial charge in [0.1, 0.15) is 5.75 Å². The molecule has 106 valence electrons. The molecule has 0 bridgehead atoms. The molecule has 1 aromatic rings. The molecule has 1 N–H and O–H groups in total. The van der Waals surface area contributed by atoms with Crippen LogP contribution < -0.4 is 10.1 Å². The highest BCUT2D eigenvalue weighted by atomic mass is 16.5. The van der Waals surface area contributed by atoms with Crippen LogP contribution in [0, 0.1) is 5.92 Å². The summed E-state index contributed by atoms with van der Waals surface area (Å²) >= 11 is 0. The van der Waals surface area contributed by atoms with E-state index in [0.29, 0.717) is 0 Å². The Hall–Kier alpha value is -1.06. The van der Waals surface area contributed by atoms with E-state index in [1.54, 1.807) is 7.11 Å². The van der Waals surface area contributed by atoms with Gasteiger partial charge in [0.15, 0.2) is 0 Å². The fraction of sp³-hybridized carbons (Fsp3) is 0.625.